The first-order chi connectivity index (χ1) is 13.1. The SMILES string of the molecule is Cc1ccc2nc3sc(C(=O)Nc4ccc5c(c4)OCO5)c(N)c3cc2c1. The van der Waals surface area contributed by atoms with Crippen LogP contribution in [0.1, 0.15) is 15.2 Å². The summed E-state index contributed by atoms with van der Waals surface area (Å²) in [5.74, 6) is 1.01. The Morgan fingerprint density at radius 2 is 2.00 bits per heavy atom. The number of carbonyl (C=O) groups excluding carboxylic acids is 1. The molecule has 2 aromatic carbocycles. The number of aromatic nitrogens is 1. The molecule has 1 aliphatic heterocycles. The molecule has 0 atom stereocenters. The normalized spacial score (nSPS) is 12.6. The molecule has 0 unspecified atom stereocenters. The van der Waals surface area contributed by atoms with Crippen molar-refractivity contribution in [1.82, 2.24) is 4.98 Å². The maximum absolute atomic E-state index is 12.8. The number of nitrogens with one attached hydrogen (secondary N) is 1. The van der Waals surface area contributed by atoms with Crippen LogP contribution in [0.3, 0.4) is 0 Å². The van der Waals surface area contributed by atoms with E-state index < -0.39 is 0 Å². The zero-order valence-corrected chi connectivity index (χ0v) is 15.2. The molecule has 0 fully saturated rings. The predicted molar refractivity (Wildman–Crippen MR) is 107 cm³/mol. The van der Waals surface area contributed by atoms with Gasteiger partial charge in [0.1, 0.15) is 9.71 Å². The molecule has 0 aliphatic carbocycles. The molecule has 2 aromatic heterocycles. The van der Waals surface area contributed by atoms with Crippen molar-refractivity contribution in [3.8, 4) is 11.5 Å². The lowest BCUT2D eigenvalue weighted by Crippen LogP contribution is -2.11. The molecular formula is C20H15N3O3S. The van der Waals surface area contributed by atoms with Crippen LogP contribution >= 0.6 is 11.3 Å². The lowest BCUT2D eigenvalue weighted by atomic mass is 10.1. The predicted octanol–water partition coefficient (Wildman–Crippen LogP) is 4.32. The van der Waals surface area contributed by atoms with Gasteiger partial charge in [0.2, 0.25) is 6.79 Å². The number of aryl methyl sites for hydroxylation is 1. The number of hydrogen-bond donors (Lipinski definition) is 2. The molecule has 134 valence electrons. The summed E-state index contributed by atoms with van der Waals surface area (Å²) in [6.07, 6.45) is 0. The van der Waals surface area contributed by atoms with Crippen LogP contribution in [0.2, 0.25) is 0 Å². The molecular weight excluding hydrogens is 362 g/mol. The second-order valence-corrected chi connectivity index (χ2v) is 7.40. The first-order valence-electron chi connectivity index (χ1n) is 8.39. The van der Waals surface area contributed by atoms with Crippen LogP contribution in [0.5, 0.6) is 11.5 Å². The fraction of sp³-hybridized carbons (Fsp3) is 0.100. The van der Waals surface area contributed by atoms with Crippen LogP contribution in [0.15, 0.2) is 42.5 Å². The van der Waals surface area contributed by atoms with E-state index in [0.29, 0.717) is 27.8 Å². The van der Waals surface area contributed by atoms with Gasteiger partial charge in [-0.25, -0.2) is 4.98 Å². The van der Waals surface area contributed by atoms with E-state index >= 15 is 0 Å². The summed E-state index contributed by atoms with van der Waals surface area (Å²) in [6.45, 7) is 2.22. The fourth-order valence-electron chi connectivity index (χ4n) is 3.15. The molecule has 0 saturated heterocycles. The average Bonchev–Trinajstić information content (AvgIpc) is 3.24. The van der Waals surface area contributed by atoms with Crippen LogP contribution in [-0.2, 0) is 0 Å². The molecule has 1 aliphatic rings. The van der Waals surface area contributed by atoms with E-state index in [0.717, 1.165) is 26.7 Å². The Bertz CT molecular complexity index is 1230. The minimum atomic E-state index is -0.269. The van der Waals surface area contributed by atoms with Crippen molar-refractivity contribution in [3.05, 3.63) is 52.9 Å². The number of nitrogens with zero attached hydrogens (tertiary/aromatic N) is 1. The third-order valence-electron chi connectivity index (χ3n) is 4.51. The molecule has 27 heavy (non-hydrogen) atoms. The van der Waals surface area contributed by atoms with Gasteiger partial charge in [0.15, 0.2) is 11.5 Å². The van der Waals surface area contributed by atoms with Gasteiger partial charge in [-0.1, -0.05) is 11.6 Å². The van der Waals surface area contributed by atoms with Crippen molar-refractivity contribution in [2.24, 2.45) is 0 Å². The lowest BCUT2D eigenvalue weighted by Gasteiger charge is -2.05. The van der Waals surface area contributed by atoms with E-state index in [1.807, 2.05) is 25.1 Å². The number of nitrogen functional groups attached to an aromatic ring is 1. The van der Waals surface area contributed by atoms with Crippen molar-refractivity contribution in [2.45, 2.75) is 6.92 Å². The summed E-state index contributed by atoms with van der Waals surface area (Å²) >= 11 is 1.29. The van der Waals surface area contributed by atoms with Crippen molar-refractivity contribution >= 4 is 49.7 Å². The summed E-state index contributed by atoms with van der Waals surface area (Å²) in [5, 5.41) is 4.68. The second-order valence-electron chi connectivity index (χ2n) is 6.40. The number of pyridine rings is 1. The minimum Gasteiger partial charge on any atom is -0.454 e. The fourth-order valence-corrected chi connectivity index (χ4v) is 4.13. The molecule has 4 aromatic rings. The molecule has 5 rings (SSSR count). The van der Waals surface area contributed by atoms with Gasteiger partial charge in [0, 0.05) is 22.5 Å². The Labute approximate surface area is 158 Å². The Morgan fingerprint density at radius 1 is 1.15 bits per heavy atom. The van der Waals surface area contributed by atoms with E-state index in [1.165, 1.54) is 11.3 Å². The maximum Gasteiger partial charge on any atom is 0.267 e. The quantitative estimate of drug-likeness (QED) is 0.543. The average molecular weight is 377 g/mol. The van der Waals surface area contributed by atoms with Gasteiger partial charge in [0.05, 0.1) is 11.2 Å². The number of benzene rings is 2. The van der Waals surface area contributed by atoms with Crippen molar-refractivity contribution in [3.63, 3.8) is 0 Å². The maximum atomic E-state index is 12.8. The molecule has 0 spiro atoms. The molecule has 0 bridgehead atoms. The van der Waals surface area contributed by atoms with E-state index in [4.69, 9.17) is 15.2 Å². The van der Waals surface area contributed by atoms with E-state index in [2.05, 4.69) is 16.4 Å². The topological polar surface area (TPSA) is 86.5 Å². The minimum absolute atomic E-state index is 0.189. The zero-order valence-electron chi connectivity index (χ0n) is 14.4. The van der Waals surface area contributed by atoms with Gasteiger partial charge in [0.25, 0.3) is 5.91 Å². The van der Waals surface area contributed by atoms with Gasteiger partial charge >= 0.3 is 0 Å². The molecule has 3 heterocycles. The number of rotatable bonds is 2. The molecule has 1 amide bonds. The number of thiophene rings is 1. The molecule has 0 saturated carbocycles. The van der Waals surface area contributed by atoms with Crippen LogP contribution in [0.4, 0.5) is 11.4 Å². The number of anilines is 2. The van der Waals surface area contributed by atoms with Gasteiger partial charge in [-0.15, -0.1) is 11.3 Å². The summed E-state index contributed by atoms with van der Waals surface area (Å²) in [5.41, 5.74) is 9.38. The highest BCUT2D eigenvalue weighted by molar-refractivity contribution is 7.21. The summed E-state index contributed by atoms with van der Waals surface area (Å²) < 4.78 is 10.6. The Morgan fingerprint density at radius 3 is 2.89 bits per heavy atom. The van der Waals surface area contributed by atoms with Crippen LogP contribution in [0, 0.1) is 6.92 Å². The Kier molecular flexibility index (Phi) is 3.45. The van der Waals surface area contributed by atoms with Gasteiger partial charge in [-0.2, -0.15) is 0 Å². The number of nitrogens with two attached hydrogens (primary N) is 1. The third-order valence-corrected chi connectivity index (χ3v) is 5.62. The highest BCUT2D eigenvalue weighted by Crippen LogP contribution is 2.37. The number of fused-ring (bicyclic) bond motifs is 3. The van der Waals surface area contributed by atoms with Gasteiger partial charge in [-0.3, -0.25) is 4.79 Å². The zero-order chi connectivity index (χ0) is 18.5. The molecule has 7 heteroatoms. The third kappa shape index (κ3) is 2.63. The van der Waals surface area contributed by atoms with Gasteiger partial charge < -0.3 is 20.5 Å². The van der Waals surface area contributed by atoms with E-state index in [1.54, 1.807) is 18.2 Å². The number of carbonyl (C=O) groups is 1. The number of hydrogen-bond acceptors (Lipinski definition) is 6. The Balaban J connectivity index is 1.52. The van der Waals surface area contributed by atoms with Crippen molar-refractivity contribution in [2.75, 3.05) is 17.8 Å². The first kappa shape index (κ1) is 15.9. The van der Waals surface area contributed by atoms with E-state index in [-0.39, 0.29) is 12.7 Å². The molecule has 3 N–H and O–H groups in total. The second kappa shape index (κ2) is 5.85. The van der Waals surface area contributed by atoms with E-state index in [9.17, 15) is 4.79 Å². The lowest BCUT2D eigenvalue weighted by molar-refractivity contribution is 0.103. The summed E-state index contributed by atoms with van der Waals surface area (Å²) in [6, 6.07) is 13.3. The standard InChI is InChI=1S/C20H15N3O3S/c1-10-2-4-14-11(6-10)7-13-17(21)18(27-20(13)23-14)19(24)22-12-3-5-15-16(8-12)26-9-25-15/h2-8H,9,21H2,1H3,(H,22,24). The largest absolute Gasteiger partial charge is 0.454 e. The highest BCUT2D eigenvalue weighted by atomic mass is 32.1. The highest BCUT2D eigenvalue weighted by Gasteiger charge is 2.19. The van der Waals surface area contributed by atoms with Crippen LogP contribution in [0.25, 0.3) is 21.1 Å². The van der Waals surface area contributed by atoms with Crippen molar-refractivity contribution < 1.29 is 14.3 Å². The Hall–Kier alpha value is -3.32. The summed E-state index contributed by atoms with van der Waals surface area (Å²) in [7, 11) is 0. The smallest absolute Gasteiger partial charge is 0.267 e. The van der Waals surface area contributed by atoms with Crippen LogP contribution < -0.4 is 20.5 Å². The number of ether oxygens (including phenoxy) is 2. The summed E-state index contributed by atoms with van der Waals surface area (Å²) in [4.78, 5) is 18.6. The monoisotopic (exact) mass is 377 g/mol. The molecule has 6 nitrogen and oxygen atoms in total. The van der Waals surface area contributed by atoms with Crippen LogP contribution in [-0.4, -0.2) is 17.7 Å². The van der Waals surface area contributed by atoms with Crippen molar-refractivity contribution in [1.29, 1.82) is 0 Å². The first-order valence-corrected chi connectivity index (χ1v) is 9.20. The van der Waals surface area contributed by atoms with Gasteiger partial charge in [-0.05, 0) is 37.3 Å². The number of amides is 1. The molecule has 0 radical (unpaired) electrons.